The predicted molar refractivity (Wildman–Crippen MR) is 178 cm³/mol. The zero-order valence-corrected chi connectivity index (χ0v) is 27.4. The first-order valence-electron chi connectivity index (χ1n) is 16.2. The van der Waals surface area contributed by atoms with E-state index in [1.165, 1.54) is 16.7 Å². The van der Waals surface area contributed by atoms with Crippen LogP contribution in [0.5, 0.6) is 5.75 Å². The van der Waals surface area contributed by atoms with Crippen LogP contribution in [0.2, 0.25) is 0 Å². The highest BCUT2D eigenvalue weighted by Crippen LogP contribution is 2.35. The molecule has 2 heterocycles. The minimum Gasteiger partial charge on any atom is -0.508 e. The Morgan fingerprint density at radius 1 is 1.16 bits per heavy atom. The molecule has 242 valence electrons. The summed E-state index contributed by atoms with van der Waals surface area (Å²) in [4.78, 5) is 31.0. The highest BCUT2D eigenvalue weighted by atomic mass is 16.5. The molecule has 0 spiro atoms. The Labute approximate surface area is 265 Å². The molecule has 0 bridgehead atoms. The Bertz CT molecular complexity index is 1180. The second-order valence-corrected chi connectivity index (χ2v) is 12.3. The van der Waals surface area contributed by atoms with Gasteiger partial charge in [-0.05, 0) is 83.3 Å². The standard InChI is InChI=1S/C24H32N2O.C12H22N2O3/c1-18(2)16-25-12-13-26(20(4)17-25)24(22-10-7-11-23(27)15-22)21-9-6-5-8-19(3)14-21;1-2-17-12(16)5-3-6-13-7-4-8-14(11-15)10-9-13/h5-7,9-11,14-15,20,24,27H,1,8,12-13,16-17H2,2-4H3;11H,2-10H2,1H3. The van der Waals surface area contributed by atoms with E-state index in [1.807, 2.05) is 24.0 Å². The molecular formula is C36H54N4O4. The van der Waals surface area contributed by atoms with E-state index in [4.69, 9.17) is 4.74 Å². The Morgan fingerprint density at radius 3 is 2.66 bits per heavy atom. The van der Waals surface area contributed by atoms with Crippen LogP contribution >= 0.6 is 0 Å². The SMILES string of the molecule is C=C(C)CN1CCN(C(C2=CC=CCC(C)=C2)c2cccc(O)c2)C(C)C1.CCOC(=O)CCCN1CCCN(C=O)CC1. The molecule has 1 aliphatic carbocycles. The summed E-state index contributed by atoms with van der Waals surface area (Å²) in [5, 5.41) is 10.1. The number of hydrogen-bond acceptors (Lipinski definition) is 7. The van der Waals surface area contributed by atoms with Crippen molar-refractivity contribution in [3.8, 4) is 5.75 Å². The first-order valence-corrected chi connectivity index (χ1v) is 16.2. The Morgan fingerprint density at radius 2 is 1.95 bits per heavy atom. The second-order valence-electron chi connectivity index (χ2n) is 12.3. The minimum absolute atomic E-state index is 0.114. The molecule has 1 aromatic rings. The third-order valence-corrected chi connectivity index (χ3v) is 8.30. The largest absolute Gasteiger partial charge is 0.508 e. The number of amides is 1. The van der Waals surface area contributed by atoms with Crippen molar-refractivity contribution >= 4 is 12.4 Å². The van der Waals surface area contributed by atoms with Gasteiger partial charge in [-0.15, -0.1) is 0 Å². The zero-order chi connectivity index (χ0) is 31.9. The van der Waals surface area contributed by atoms with E-state index in [0.29, 0.717) is 24.8 Å². The number of ether oxygens (including phenoxy) is 1. The van der Waals surface area contributed by atoms with Crippen LogP contribution in [-0.2, 0) is 14.3 Å². The maximum atomic E-state index is 11.2. The van der Waals surface area contributed by atoms with E-state index < -0.39 is 0 Å². The quantitative estimate of drug-likeness (QED) is 0.207. The maximum Gasteiger partial charge on any atom is 0.305 e. The molecule has 0 aromatic heterocycles. The predicted octanol–water partition coefficient (Wildman–Crippen LogP) is 5.34. The Hall–Kier alpha value is -3.20. The monoisotopic (exact) mass is 606 g/mol. The molecule has 2 fully saturated rings. The molecule has 0 saturated carbocycles. The number of carbonyl (C=O) groups excluding carboxylic acids is 2. The summed E-state index contributed by atoms with van der Waals surface area (Å²) in [6, 6.07) is 8.32. The molecule has 44 heavy (non-hydrogen) atoms. The number of hydrogen-bond donors (Lipinski definition) is 1. The number of phenols is 1. The summed E-state index contributed by atoms with van der Waals surface area (Å²) in [5.74, 6) is 0.216. The van der Waals surface area contributed by atoms with E-state index in [9.17, 15) is 14.7 Å². The van der Waals surface area contributed by atoms with Gasteiger partial charge in [0.25, 0.3) is 0 Å². The third-order valence-electron chi connectivity index (χ3n) is 8.30. The van der Waals surface area contributed by atoms with Gasteiger partial charge in [-0.2, -0.15) is 0 Å². The van der Waals surface area contributed by atoms with Crippen molar-refractivity contribution < 1.29 is 19.4 Å². The van der Waals surface area contributed by atoms with Crippen molar-refractivity contribution in [3.05, 3.63) is 77.4 Å². The van der Waals surface area contributed by atoms with Crippen molar-refractivity contribution in [1.29, 1.82) is 0 Å². The zero-order valence-electron chi connectivity index (χ0n) is 27.4. The van der Waals surface area contributed by atoms with Gasteiger partial charge in [-0.1, -0.05) is 54.2 Å². The molecule has 2 saturated heterocycles. The first kappa shape index (κ1) is 35.3. The summed E-state index contributed by atoms with van der Waals surface area (Å²) >= 11 is 0. The van der Waals surface area contributed by atoms with E-state index >= 15 is 0 Å². The maximum absolute atomic E-state index is 11.2. The summed E-state index contributed by atoms with van der Waals surface area (Å²) in [6.45, 7) is 21.5. The van der Waals surface area contributed by atoms with Gasteiger partial charge in [0.05, 0.1) is 12.6 Å². The van der Waals surface area contributed by atoms with E-state index in [1.54, 1.807) is 6.07 Å². The number of rotatable bonds is 11. The van der Waals surface area contributed by atoms with E-state index in [0.717, 1.165) is 90.1 Å². The van der Waals surface area contributed by atoms with Crippen LogP contribution in [0.15, 0.2) is 71.9 Å². The van der Waals surface area contributed by atoms with Gasteiger partial charge in [-0.25, -0.2) is 0 Å². The molecule has 3 aliphatic rings. The number of phenolic OH excluding ortho intramolecular Hbond substituents is 1. The fraction of sp³-hybridized carbons (Fsp3) is 0.556. The van der Waals surface area contributed by atoms with Crippen LogP contribution in [0.25, 0.3) is 0 Å². The number of esters is 1. The molecule has 2 atom stereocenters. The molecule has 2 aliphatic heterocycles. The van der Waals surface area contributed by atoms with Crippen molar-refractivity contribution in [2.75, 3.05) is 65.5 Å². The van der Waals surface area contributed by atoms with Crippen LogP contribution < -0.4 is 0 Å². The summed E-state index contributed by atoms with van der Waals surface area (Å²) in [5.41, 5.74) is 5.04. The summed E-state index contributed by atoms with van der Waals surface area (Å²) in [7, 11) is 0. The van der Waals surface area contributed by atoms with Crippen LogP contribution in [0, 0.1) is 0 Å². The molecule has 8 heteroatoms. The number of allylic oxidation sites excluding steroid dienone is 4. The van der Waals surface area contributed by atoms with Gasteiger partial charge in [-0.3, -0.25) is 19.4 Å². The normalized spacial score (nSPS) is 20.7. The average Bonchev–Trinajstić information content (AvgIpc) is 3.34. The van der Waals surface area contributed by atoms with Crippen LogP contribution in [0.3, 0.4) is 0 Å². The lowest BCUT2D eigenvalue weighted by Crippen LogP contribution is -2.53. The lowest BCUT2D eigenvalue weighted by Gasteiger charge is -2.44. The van der Waals surface area contributed by atoms with Gasteiger partial charge >= 0.3 is 5.97 Å². The lowest BCUT2D eigenvalue weighted by molar-refractivity contribution is -0.143. The first-order chi connectivity index (χ1) is 21.2. The smallest absolute Gasteiger partial charge is 0.305 e. The van der Waals surface area contributed by atoms with Gasteiger partial charge in [0.2, 0.25) is 6.41 Å². The highest BCUT2D eigenvalue weighted by molar-refractivity contribution is 5.69. The van der Waals surface area contributed by atoms with Gasteiger partial charge in [0.1, 0.15) is 5.75 Å². The average molecular weight is 607 g/mol. The molecule has 1 N–H and O–H groups in total. The fourth-order valence-electron chi connectivity index (χ4n) is 6.22. The molecule has 1 aromatic carbocycles. The Kier molecular flexibility index (Phi) is 14.9. The number of benzene rings is 1. The lowest BCUT2D eigenvalue weighted by atomic mass is 9.93. The van der Waals surface area contributed by atoms with Crippen LogP contribution in [0.1, 0.15) is 65.0 Å². The van der Waals surface area contributed by atoms with Crippen LogP contribution in [-0.4, -0.2) is 109 Å². The van der Waals surface area contributed by atoms with Crippen molar-refractivity contribution in [2.45, 2.75) is 65.5 Å². The van der Waals surface area contributed by atoms with Gasteiger partial charge in [0.15, 0.2) is 0 Å². The van der Waals surface area contributed by atoms with E-state index in [-0.39, 0.29) is 12.0 Å². The molecule has 0 radical (unpaired) electrons. The topological polar surface area (TPSA) is 76.6 Å². The van der Waals surface area contributed by atoms with Crippen molar-refractivity contribution in [3.63, 3.8) is 0 Å². The third kappa shape index (κ3) is 11.7. The highest BCUT2D eigenvalue weighted by Gasteiger charge is 2.32. The molecule has 2 unspecified atom stereocenters. The molecular weight excluding hydrogens is 552 g/mol. The van der Waals surface area contributed by atoms with Crippen LogP contribution in [0.4, 0.5) is 0 Å². The van der Waals surface area contributed by atoms with E-state index in [2.05, 4.69) is 72.4 Å². The fourth-order valence-corrected chi connectivity index (χ4v) is 6.22. The van der Waals surface area contributed by atoms with Crippen molar-refractivity contribution in [1.82, 2.24) is 19.6 Å². The number of nitrogens with zero attached hydrogens (tertiary/aromatic N) is 4. The second kappa shape index (κ2) is 18.6. The number of piperazine rings is 1. The van der Waals surface area contributed by atoms with Gasteiger partial charge < -0.3 is 19.6 Å². The van der Waals surface area contributed by atoms with Crippen molar-refractivity contribution in [2.24, 2.45) is 0 Å². The number of aromatic hydroxyl groups is 1. The number of carbonyl (C=O) groups is 2. The molecule has 4 rings (SSSR count). The molecule has 8 nitrogen and oxygen atoms in total. The Balaban J connectivity index is 0.000000269. The van der Waals surface area contributed by atoms with Gasteiger partial charge in [0, 0.05) is 58.3 Å². The summed E-state index contributed by atoms with van der Waals surface area (Å²) < 4.78 is 4.88. The molecule has 1 amide bonds. The summed E-state index contributed by atoms with van der Waals surface area (Å²) in [6.07, 6.45) is 13.2. The minimum atomic E-state index is -0.114.